The molecule has 1 aromatic carbocycles. The number of aromatic nitrogens is 1. The molecule has 7 heteroatoms. The molecular weight excluding hydrogens is 326 g/mol. The quantitative estimate of drug-likeness (QED) is 0.806. The molecule has 0 unspecified atom stereocenters. The molecule has 24 heavy (non-hydrogen) atoms. The van der Waals surface area contributed by atoms with Crippen molar-refractivity contribution in [1.82, 2.24) is 14.6 Å². The Kier molecular flexibility index (Phi) is 4.76. The molecule has 1 aliphatic heterocycles. The summed E-state index contributed by atoms with van der Waals surface area (Å²) in [5.74, 6) is 0.0990. The zero-order valence-electron chi connectivity index (χ0n) is 14.0. The number of hydrogen-bond acceptors (Lipinski definition) is 4. The van der Waals surface area contributed by atoms with Gasteiger partial charge in [0, 0.05) is 41.8 Å². The van der Waals surface area contributed by atoms with Crippen molar-refractivity contribution < 1.29 is 13.2 Å². The van der Waals surface area contributed by atoms with Crippen LogP contribution >= 0.6 is 0 Å². The molecule has 1 aromatic heterocycles. The summed E-state index contributed by atoms with van der Waals surface area (Å²) in [6.07, 6.45) is 4.40. The summed E-state index contributed by atoms with van der Waals surface area (Å²) in [5.41, 5.74) is 1.68. The number of ketones is 1. The van der Waals surface area contributed by atoms with Gasteiger partial charge >= 0.3 is 0 Å². The van der Waals surface area contributed by atoms with Gasteiger partial charge in [0.1, 0.15) is 0 Å². The summed E-state index contributed by atoms with van der Waals surface area (Å²) in [6.45, 7) is 3.35. The molecule has 130 valence electrons. The third kappa shape index (κ3) is 3.68. The number of likely N-dealkylation sites (tertiary alicyclic amines) is 1. The molecule has 2 N–H and O–H groups in total. The Bertz CT molecular complexity index is 836. The van der Waals surface area contributed by atoms with Crippen molar-refractivity contribution in [3.63, 3.8) is 0 Å². The van der Waals surface area contributed by atoms with Gasteiger partial charge in [0.15, 0.2) is 5.78 Å². The van der Waals surface area contributed by atoms with E-state index in [1.54, 1.807) is 6.20 Å². The lowest BCUT2D eigenvalue weighted by Crippen LogP contribution is -2.49. The molecule has 6 nitrogen and oxygen atoms in total. The van der Waals surface area contributed by atoms with Crippen LogP contribution in [0.5, 0.6) is 0 Å². The van der Waals surface area contributed by atoms with E-state index in [0.717, 1.165) is 29.3 Å². The van der Waals surface area contributed by atoms with Crippen LogP contribution in [0.15, 0.2) is 30.5 Å². The largest absolute Gasteiger partial charge is 0.360 e. The van der Waals surface area contributed by atoms with Crippen LogP contribution in [0.2, 0.25) is 0 Å². The normalized spacial score (nSPS) is 18.8. The van der Waals surface area contributed by atoms with Gasteiger partial charge in [0.25, 0.3) is 0 Å². The number of nitrogens with one attached hydrogen (secondary N) is 2. The zero-order chi connectivity index (χ0) is 17.3. The first kappa shape index (κ1) is 17.1. The number of fused-ring (bicyclic) bond motifs is 1. The maximum atomic E-state index is 12.9. The summed E-state index contributed by atoms with van der Waals surface area (Å²) in [6, 6.07) is 7.53. The first-order chi connectivity index (χ1) is 11.3. The number of carbonyl (C=O) groups excluding carboxylic acids is 1. The fourth-order valence-corrected chi connectivity index (χ4v) is 4.21. The minimum absolute atomic E-state index is 0.0355. The van der Waals surface area contributed by atoms with Crippen molar-refractivity contribution in [3.8, 4) is 0 Å². The highest BCUT2D eigenvalue weighted by Crippen LogP contribution is 2.22. The Morgan fingerprint density at radius 3 is 2.62 bits per heavy atom. The van der Waals surface area contributed by atoms with Crippen LogP contribution in [0.25, 0.3) is 10.9 Å². The van der Waals surface area contributed by atoms with E-state index < -0.39 is 10.0 Å². The minimum atomic E-state index is -3.18. The predicted molar refractivity (Wildman–Crippen MR) is 94.7 cm³/mol. The van der Waals surface area contributed by atoms with Crippen molar-refractivity contribution in [1.29, 1.82) is 0 Å². The number of H-pyrrole nitrogens is 1. The summed E-state index contributed by atoms with van der Waals surface area (Å²) in [5, 5.41) is 0.947. The molecule has 0 bridgehead atoms. The molecule has 0 amide bonds. The number of nitrogens with zero attached hydrogens (tertiary/aromatic N) is 1. The Morgan fingerprint density at radius 1 is 1.29 bits per heavy atom. The van der Waals surface area contributed by atoms with Gasteiger partial charge in [0.05, 0.1) is 12.3 Å². The second-order valence-electron chi connectivity index (χ2n) is 6.49. The molecule has 1 fully saturated rings. The SMILES string of the molecule is C[C@H](C(=O)c1c[nH]c2ccccc12)N1CCC(NS(C)(=O)=O)CC1. The Balaban J connectivity index is 1.67. The van der Waals surface area contributed by atoms with Crippen LogP contribution < -0.4 is 4.72 Å². The molecule has 1 saturated heterocycles. The Hall–Kier alpha value is -1.70. The summed E-state index contributed by atoms with van der Waals surface area (Å²) < 4.78 is 25.3. The van der Waals surface area contributed by atoms with Crippen molar-refractivity contribution in [2.45, 2.75) is 31.8 Å². The molecular formula is C17H23N3O3S. The van der Waals surface area contributed by atoms with E-state index in [0.29, 0.717) is 13.1 Å². The lowest BCUT2D eigenvalue weighted by Gasteiger charge is -2.35. The highest BCUT2D eigenvalue weighted by atomic mass is 32.2. The smallest absolute Gasteiger partial charge is 0.208 e. The number of carbonyl (C=O) groups is 1. The zero-order valence-corrected chi connectivity index (χ0v) is 14.8. The average molecular weight is 349 g/mol. The van der Waals surface area contributed by atoms with Gasteiger partial charge in [-0.05, 0) is 25.8 Å². The first-order valence-electron chi connectivity index (χ1n) is 8.17. The topological polar surface area (TPSA) is 82.3 Å². The second kappa shape index (κ2) is 6.66. The highest BCUT2D eigenvalue weighted by Gasteiger charge is 2.29. The average Bonchev–Trinajstić information content (AvgIpc) is 2.97. The fraction of sp³-hybridized carbons (Fsp3) is 0.471. The van der Waals surface area contributed by atoms with Gasteiger partial charge in [-0.2, -0.15) is 0 Å². The number of piperidine rings is 1. The van der Waals surface area contributed by atoms with Crippen LogP contribution in [0, 0.1) is 0 Å². The number of sulfonamides is 1. The van der Waals surface area contributed by atoms with Gasteiger partial charge in [-0.15, -0.1) is 0 Å². The molecule has 1 aliphatic rings. The number of Topliss-reactive ketones (excluding diaryl/α,β-unsaturated/α-hetero) is 1. The lowest BCUT2D eigenvalue weighted by molar-refractivity contribution is 0.0795. The van der Waals surface area contributed by atoms with E-state index in [4.69, 9.17) is 0 Å². The van der Waals surface area contributed by atoms with E-state index in [1.807, 2.05) is 31.2 Å². The van der Waals surface area contributed by atoms with Crippen molar-refractivity contribution >= 4 is 26.7 Å². The van der Waals surface area contributed by atoms with Crippen LogP contribution in [-0.2, 0) is 10.0 Å². The summed E-state index contributed by atoms with van der Waals surface area (Å²) in [4.78, 5) is 18.1. The summed E-state index contributed by atoms with van der Waals surface area (Å²) in [7, 11) is -3.18. The predicted octanol–water partition coefficient (Wildman–Crippen LogP) is 1.75. The van der Waals surface area contributed by atoms with Crippen LogP contribution in [0.3, 0.4) is 0 Å². The van der Waals surface area contributed by atoms with Gasteiger partial charge in [0.2, 0.25) is 10.0 Å². The maximum absolute atomic E-state index is 12.9. The number of rotatable bonds is 5. The van der Waals surface area contributed by atoms with Gasteiger partial charge in [-0.3, -0.25) is 9.69 Å². The van der Waals surface area contributed by atoms with E-state index in [9.17, 15) is 13.2 Å². The van der Waals surface area contributed by atoms with Crippen LogP contribution in [0.4, 0.5) is 0 Å². The number of aromatic amines is 1. The number of benzene rings is 1. The number of para-hydroxylation sites is 1. The van der Waals surface area contributed by atoms with Crippen molar-refractivity contribution in [2.24, 2.45) is 0 Å². The van der Waals surface area contributed by atoms with Crippen LogP contribution in [0.1, 0.15) is 30.1 Å². The monoisotopic (exact) mass is 349 g/mol. The van der Waals surface area contributed by atoms with E-state index in [1.165, 1.54) is 6.26 Å². The van der Waals surface area contributed by atoms with Gasteiger partial charge < -0.3 is 4.98 Å². The Labute approximate surface area is 142 Å². The third-order valence-corrected chi connectivity index (χ3v) is 5.45. The second-order valence-corrected chi connectivity index (χ2v) is 8.27. The Morgan fingerprint density at radius 2 is 1.96 bits per heavy atom. The minimum Gasteiger partial charge on any atom is -0.360 e. The standard InChI is InChI=1S/C17H23N3O3S/c1-12(20-9-7-13(8-10-20)19-24(2,22)23)17(21)15-11-18-16-6-4-3-5-14(15)16/h3-6,11-13,18-19H,7-10H2,1-2H3/t12-/m1/s1. The van der Waals surface area contributed by atoms with Gasteiger partial charge in [-0.1, -0.05) is 18.2 Å². The molecule has 2 heterocycles. The molecule has 3 rings (SSSR count). The first-order valence-corrected chi connectivity index (χ1v) is 10.1. The maximum Gasteiger partial charge on any atom is 0.208 e. The third-order valence-electron chi connectivity index (χ3n) is 4.69. The lowest BCUT2D eigenvalue weighted by atomic mass is 9.99. The molecule has 0 aliphatic carbocycles. The van der Waals surface area contributed by atoms with Gasteiger partial charge in [-0.25, -0.2) is 13.1 Å². The molecule has 0 radical (unpaired) electrons. The molecule has 0 spiro atoms. The van der Waals surface area contributed by atoms with E-state index >= 15 is 0 Å². The van der Waals surface area contributed by atoms with E-state index in [2.05, 4.69) is 14.6 Å². The number of hydrogen-bond donors (Lipinski definition) is 2. The summed E-state index contributed by atoms with van der Waals surface area (Å²) >= 11 is 0. The highest BCUT2D eigenvalue weighted by molar-refractivity contribution is 7.88. The molecule has 2 aromatic rings. The fourth-order valence-electron chi connectivity index (χ4n) is 3.37. The molecule has 1 atom stereocenters. The van der Waals surface area contributed by atoms with Crippen LogP contribution in [-0.4, -0.2) is 55.5 Å². The van der Waals surface area contributed by atoms with E-state index in [-0.39, 0.29) is 17.9 Å². The van der Waals surface area contributed by atoms with Crippen molar-refractivity contribution in [3.05, 3.63) is 36.0 Å². The van der Waals surface area contributed by atoms with Crippen molar-refractivity contribution in [2.75, 3.05) is 19.3 Å². The molecule has 0 saturated carbocycles.